The Labute approximate surface area is 223 Å². The van der Waals surface area contributed by atoms with Gasteiger partial charge in [0.2, 0.25) is 0 Å². The van der Waals surface area contributed by atoms with E-state index in [1.807, 2.05) is 54.6 Å². The zero-order chi connectivity index (χ0) is 26.5. The summed E-state index contributed by atoms with van der Waals surface area (Å²) in [7, 11) is 0. The molecule has 1 aliphatic carbocycles. The molecule has 5 rings (SSSR count). The Morgan fingerprint density at radius 1 is 0.921 bits per heavy atom. The predicted octanol–water partition coefficient (Wildman–Crippen LogP) is 4.91. The minimum Gasteiger partial charge on any atom is -0.480 e. The van der Waals surface area contributed by atoms with Gasteiger partial charge < -0.3 is 20.1 Å². The number of amides is 2. The Hall–Kier alpha value is -4.50. The molecule has 0 aliphatic heterocycles. The van der Waals surface area contributed by atoms with Crippen LogP contribution in [0.1, 0.15) is 37.3 Å². The summed E-state index contributed by atoms with van der Waals surface area (Å²) in [5, 5.41) is 12.5. The first-order valence-corrected chi connectivity index (χ1v) is 12.9. The van der Waals surface area contributed by atoms with Gasteiger partial charge in [0, 0.05) is 12.5 Å². The van der Waals surface area contributed by atoms with E-state index in [1.165, 1.54) is 11.1 Å². The number of nitrogens with one attached hydrogen (secondary N) is 1. The van der Waals surface area contributed by atoms with Gasteiger partial charge in [-0.1, -0.05) is 78.9 Å². The number of benzene rings is 3. The molecule has 0 bridgehead atoms. The Kier molecular flexibility index (Phi) is 7.46. The highest BCUT2D eigenvalue weighted by Gasteiger charge is 2.29. The highest BCUT2D eigenvalue weighted by molar-refractivity contribution is 7.13. The molecule has 0 radical (unpaired) electrons. The van der Waals surface area contributed by atoms with Gasteiger partial charge in [0.1, 0.15) is 23.0 Å². The molecule has 3 aromatic carbocycles. The summed E-state index contributed by atoms with van der Waals surface area (Å²) < 4.78 is 5.55. The molecule has 0 spiro atoms. The number of thiazole rings is 1. The second kappa shape index (κ2) is 11.3. The van der Waals surface area contributed by atoms with Crippen LogP contribution in [-0.4, -0.2) is 46.1 Å². The lowest BCUT2D eigenvalue weighted by Gasteiger charge is -2.19. The van der Waals surface area contributed by atoms with Gasteiger partial charge in [-0.3, -0.25) is 9.59 Å². The average molecular weight is 528 g/mol. The molecule has 4 aromatic rings. The van der Waals surface area contributed by atoms with E-state index in [9.17, 15) is 19.5 Å². The Bertz CT molecular complexity index is 1420. The lowest BCUT2D eigenvalue weighted by molar-refractivity contribution is -0.137. The lowest BCUT2D eigenvalue weighted by Crippen LogP contribution is -2.34. The fourth-order valence-corrected chi connectivity index (χ4v) is 5.44. The number of ether oxygens (including phenoxy) is 1. The van der Waals surface area contributed by atoms with Gasteiger partial charge in [-0.2, -0.15) is 0 Å². The third-order valence-electron chi connectivity index (χ3n) is 6.32. The van der Waals surface area contributed by atoms with Crippen LogP contribution in [0.5, 0.6) is 0 Å². The zero-order valence-electron chi connectivity index (χ0n) is 20.4. The lowest BCUT2D eigenvalue weighted by atomic mass is 9.98. The van der Waals surface area contributed by atoms with E-state index in [0.717, 1.165) is 39.2 Å². The molecule has 1 aromatic heterocycles. The van der Waals surface area contributed by atoms with E-state index >= 15 is 0 Å². The van der Waals surface area contributed by atoms with Crippen LogP contribution in [0.15, 0.2) is 85.1 Å². The molecule has 8 nitrogen and oxygen atoms in total. The maximum Gasteiger partial charge on any atom is 0.407 e. The number of aromatic nitrogens is 1. The first-order valence-electron chi connectivity index (χ1n) is 12.1. The number of aliphatic carboxylic acids is 1. The van der Waals surface area contributed by atoms with Crippen molar-refractivity contribution in [2.75, 3.05) is 13.2 Å². The highest BCUT2D eigenvalue weighted by atomic mass is 32.1. The van der Waals surface area contributed by atoms with Gasteiger partial charge in [-0.15, -0.1) is 11.3 Å². The minimum absolute atomic E-state index is 0.0398. The summed E-state index contributed by atoms with van der Waals surface area (Å²) >= 11 is 1.11. The van der Waals surface area contributed by atoms with E-state index in [0.29, 0.717) is 9.88 Å². The summed E-state index contributed by atoms with van der Waals surface area (Å²) in [6.45, 7) is 0.0213. The number of hydrogen-bond donors (Lipinski definition) is 2. The molecule has 9 heteroatoms. The van der Waals surface area contributed by atoms with Gasteiger partial charge in [0.15, 0.2) is 0 Å². The van der Waals surface area contributed by atoms with Crippen molar-refractivity contribution >= 4 is 29.3 Å². The van der Waals surface area contributed by atoms with Crippen molar-refractivity contribution < 1.29 is 24.2 Å². The average Bonchev–Trinajstić information content (AvgIpc) is 3.53. The van der Waals surface area contributed by atoms with Crippen molar-refractivity contribution in [3.8, 4) is 11.1 Å². The maximum absolute atomic E-state index is 13.0. The van der Waals surface area contributed by atoms with Gasteiger partial charge in [0.05, 0.1) is 12.7 Å². The first-order chi connectivity index (χ1) is 18.5. The Balaban J connectivity index is 1.18. The predicted molar refractivity (Wildman–Crippen MR) is 143 cm³/mol. The van der Waals surface area contributed by atoms with Crippen molar-refractivity contribution in [3.05, 3.63) is 112 Å². The fourth-order valence-electron chi connectivity index (χ4n) is 4.61. The first kappa shape index (κ1) is 25.2. The van der Waals surface area contributed by atoms with Crippen molar-refractivity contribution in [1.82, 2.24) is 15.2 Å². The summed E-state index contributed by atoms with van der Waals surface area (Å²) in [5.74, 6) is -1.57. The quantitative estimate of drug-likeness (QED) is 0.320. The molecule has 2 N–H and O–H groups in total. The standard InChI is InChI=1S/C29H25N3O5S/c33-27(34)17-32(16-19-8-2-1-3-9-19)28(35)25-14-30-26(38-25)15-31-29(36)37-18-24-22-12-6-4-10-20(22)21-11-5-7-13-23(21)24/h1-14,24H,15-18H2,(H,31,36)(H,33,34). The van der Waals surface area contributed by atoms with Crippen LogP contribution < -0.4 is 5.32 Å². The number of nitrogens with zero attached hydrogens (tertiary/aromatic N) is 2. The number of carbonyl (C=O) groups excluding carboxylic acids is 2. The van der Waals surface area contributed by atoms with Crippen LogP contribution in [0.25, 0.3) is 11.1 Å². The van der Waals surface area contributed by atoms with Crippen molar-refractivity contribution in [1.29, 1.82) is 0 Å². The second-order valence-electron chi connectivity index (χ2n) is 8.84. The number of carboxylic acids is 1. The van der Waals surface area contributed by atoms with Gasteiger partial charge in [-0.05, 0) is 27.8 Å². The molecule has 1 aliphatic rings. The van der Waals surface area contributed by atoms with Crippen molar-refractivity contribution in [2.24, 2.45) is 0 Å². The maximum atomic E-state index is 13.0. The zero-order valence-corrected chi connectivity index (χ0v) is 21.2. The number of carbonyl (C=O) groups is 3. The minimum atomic E-state index is -1.10. The van der Waals surface area contributed by atoms with Crippen LogP contribution >= 0.6 is 11.3 Å². The summed E-state index contributed by atoms with van der Waals surface area (Å²) in [5.41, 5.74) is 5.39. The Morgan fingerprint density at radius 2 is 1.55 bits per heavy atom. The molecule has 38 heavy (non-hydrogen) atoms. The Morgan fingerprint density at radius 3 is 2.21 bits per heavy atom. The number of fused-ring (bicyclic) bond motifs is 3. The monoisotopic (exact) mass is 527 g/mol. The second-order valence-corrected chi connectivity index (χ2v) is 9.95. The van der Waals surface area contributed by atoms with Crippen LogP contribution in [0, 0.1) is 0 Å². The van der Waals surface area contributed by atoms with Gasteiger partial charge >= 0.3 is 12.1 Å². The topological polar surface area (TPSA) is 109 Å². The van der Waals surface area contributed by atoms with E-state index in [4.69, 9.17) is 4.74 Å². The van der Waals surface area contributed by atoms with Crippen LogP contribution in [0.2, 0.25) is 0 Å². The molecule has 0 atom stereocenters. The molecule has 0 fully saturated rings. The van der Waals surface area contributed by atoms with E-state index in [2.05, 4.69) is 34.6 Å². The summed E-state index contributed by atoms with van der Waals surface area (Å²) in [6.07, 6.45) is 0.827. The smallest absolute Gasteiger partial charge is 0.407 e. The van der Waals surface area contributed by atoms with Crippen LogP contribution in [0.3, 0.4) is 0 Å². The van der Waals surface area contributed by atoms with Gasteiger partial charge in [0.25, 0.3) is 5.91 Å². The van der Waals surface area contributed by atoms with Crippen molar-refractivity contribution in [3.63, 3.8) is 0 Å². The SMILES string of the molecule is O=C(O)CN(Cc1ccccc1)C(=O)c1cnc(CNC(=O)OCC2c3ccccc3-c3ccccc32)s1. The van der Waals surface area contributed by atoms with Crippen LogP contribution in [0.4, 0.5) is 4.79 Å². The molecule has 192 valence electrons. The molecule has 2 amide bonds. The molecule has 0 saturated carbocycles. The number of alkyl carbamates (subject to hydrolysis) is 1. The van der Waals surface area contributed by atoms with Gasteiger partial charge in [-0.25, -0.2) is 9.78 Å². The third kappa shape index (κ3) is 5.57. The largest absolute Gasteiger partial charge is 0.480 e. The summed E-state index contributed by atoms with van der Waals surface area (Å²) in [4.78, 5) is 42.6. The third-order valence-corrected chi connectivity index (χ3v) is 7.31. The van der Waals surface area contributed by atoms with E-state index in [1.54, 1.807) is 0 Å². The van der Waals surface area contributed by atoms with E-state index < -0.39 is 24.5 Å². The molecular weight excluding hydrogens is 502 g/mol. The molecule has 1 heterocycles. The normalized spacial score (nSPS) is 11.9. The number of rotatable bonds is 9. The molecular formula is C29H25N3O5S. The fraction of sp³-hybridized carbons (Fsp3) is 0.172. The summed E-state index contributed by atoms with van der Waals surface area (Å²) in [6, 6.07) is 25.4. The van der Waals surface area contributed by atoms with E-state index in [-0.39, 0.29) is 25.6 Å². The molecule has 0 unspecified atom stereocenters. The molecule has 0 saturated heterocycles. The highest BCUT2D eigenvalue weighted by Crippen LogP contribution is 2.44. The van der Waals surface area contributed by atoms with Crippen molar-refractivity contribution in [2.45, 2.75) is 19.0 Å². The van der Waals surface area contributed by atoms with Crippen LogP contribution in [-0.2, 0) is 22.6 Å². The number of carboxylic acid groups (broad SMARTS) is 1. The number of hydrogen-bond acceptors (Lipinski definition) is 6.